The molecule has 0 aliphatic rings. The molecule has 2 nitrogen and oxygen atoms in total. The van der Waals surface area contributed by atoms with E-state index in [0.29, 0.717) is 0 Å². The molecule has 0 aliphatic heterocycles. The van der Waals surface area contributed by atoms with E-state index >= 15 is 0 Å². The minimum absolute atomic E-state index is 0.0315. The number of aliphatic hydroxyl groups is 1. The average Bonchev–Trinajstić information content (AvgIpc) is 2.43. The van der Waals surface area contributed by atoms with Gasteiger partial charge in [0.05, 0.1) is 6.61 Å². The maximum absolute atomic E-state index is 9.08. The van der Waals surface area contributed by atoms with Gasteiger partial charge in [0.2, 0.25) is 0 Å². The first-order valence-corrected chi connectivity index (χ1v) is 4.32. The number of para-hydroxylation sites is 1. The van der Waals surface area contributed by atoms with Gasteiger partial charge < -0.3 is 9.52 Å². The summed E-state index contributed by atoms with van der Waals surface area (Å²) in [6.45, 7) is 4.00. The van der Waals surface area contributed by atoms with Gasteiger partial charge in [-0.2, -0.15) is 0 Å². The van der Waals surface area contributed by atoms with Gasteiger partial charge in [-0.1, -0.05) is 18.2 Å². The molecule has 0 amide bonds. The van der Waals surface area contributed by atoms with Crippen molar-refractivity contribution in [2.75, 3.05) is 0 Å². The molecule has 0 aliphatic carbocycles. The lowest BCUT2D eigenvalue weighted by Gasteiger charge is -1.95. The van der Waals surface area contributed by atoms with Gasteiger partial charge in [0, 0.05) is 10.9 Å². The molecule has 1 heterocycles. The lowest BCUT2D eigenvalue weighted by molar-refractivity contribution is 0.281. The van der Waals surface area contributed by atoms with Crippen LogP contribution in [-0.4, -0.2) is 5.11 Å². The van der Waals surface area contributed by atoms with Crippen molar-refractivity contribution >= 4 is 11.0 Å². The molecular formula is C11H12O2. The van der Waals surface area contributed by atoms with Crippen LogP contribution in [0.4, 0.5) is 0 Å². The van der Waals surface area contributed by atoms with Gasteiger partial charge in [-0.15, -0.1) is 0 Å². The number of aryl methyl sites for hydroxylation is 2. The summed E-state index contributed by atoms with van der Waals surface area (Å²) in [5.74, 6) is 0.927. The molecule has 2 heteroatoms. The van der Waals surface area contributed by atoms with E-state index in [-0.39, 0.29) is 6.61 Å². The van der Waals surface area contributed by atoms with Crippen LogP contribution in [0.15, 0.2) is 22.6 Å². The van der Waals surface area contributed by atoms with Gasteiger partial charge in [0.15, 0.2) is 0 Å². The Balaban J connectivity index is 2.84. The molecule has 68 valence electrons. The Labute approximate surface area is 76.8 Å². The number of fused-ring (bicyclic) bond motifs is 1. The van der Waals surface area contributed by atoms with E-state index in [1.165, 1.54) is 0 Å². The van der Waals surface area contributed by atoms with Crippen molar-refractivity contribution < 1.29 is 9.52 Å². The van der Waals surface area contributed by atoms with Crippen LogP contribution in [0.25, 0.3) is 11.0 Å². The van der Waals surface area contributed by atoms with E-state index in [1.54, 1.807) is 0 Å². The third-order valence-corrected chi connectivity index (χ3v) is 2.45. The van der Waals surface area contributed by atoms with E-state index in [2.05, 4.69) is 0 Å². The zero-order valence-corrected chi connectivity index (χ0v) is 7.79. The lowest BCUT2D eigenvalue weighted by Crippen LogP contribution is -1.82. The predicted octanol–water partition coefficient (Wildman–Crippen LogP) is 2.54. The second-order valence-electron chi connectivity index (χ2n) is 3.24. The van der Waals surface area contributed by atoms with Crippen molar-refractivity contribution in [3.05, 3.63) is 35.1 Å². The van der Waals surface area contributed by atoms with Crippen LogP contribution in [0.1, 0.15) is 16.9 Å². The highest BCUT2D eigenvalue weighted by Crippen LogP contribution is 2.27. The highest BCUT2D eigenvalue weighted by atomic mass is 16.3. The molecule has 2 rings (SSSR count). The molecule has 0 unspecified atom stereocenters. The first-order chi connectivity index (χ1) is 6.24. The number of furan rings is 1. The van der Waals surface area contributed by atoms with E-state index in [9.17, 15) is 0 Å². The molecular weight excluding hydrogens is 164 g/mol. The van der Waals surface area contributed by atoms with Crippen LogP contribution in [0.2, 0.25) is 0 Å². The fourth-order valence-electron chi connectivity index (χ4n) is 1.54. The number of hydrogen-bond acceptors (Lipinski definition) is 2. The summed E-state index contributed by atoms with van der Waals surface area (Å²) in [4.78, 5) is 0. The highest BCUT2D eigenvalue weighted by Gasteiger charge is 2.09. The summed E-state index contributed by atoms with van der Waals surface area (Å²) in [6, 6.07) is 5.83. The third kappa shape index (κ3) is 1.14. The zero-order chi connectivity index (χ0) is 9.42. The average molecular weight is 176 g/mol. The maximum atomic E-state index is 9.08. The van der Waals surface area contributed by atoms with Gasteiger partial charge in [-0.3, -0.25) is 0 Å². The third-order valence-electron chi connectivity index (χ3n) is 2.45. The quantitative estimate of drug-likeness (QED) is 0.724. The zero-order valence-electron chi connectivity index (χ0n) is 7.79. The summed E-state index contributed by atoms with van der Waals surface area (Å²) < 4.78 is 5.56. The van der Waals surface area contributed by atoms with Crippen LogP contribution in [-0.2, 0) is 6.61 Å². The van der Waals surface area contributed by atoms with Crippen LogP contribution in [0.5, 0.6) is 0 Å². The molecule has 0 radical (unpaired) electrons. The topological polar surface area (TPSA) is 33.4 Å². The molecule has 1 aromatic heterocycles. The number of hydrogen-bond donors (Lipinski definition) is 1. The van der Waals surface area contributed by atoms with Crippen LogP contribution in [0, 0.1) is 13.8 Å². The molecule has 0 bridgehead atoms. The minimum Gasteiger partial charge on any atom is -0.461 e. The summed E-state index contributed by atoms with van der Waals surface area (Å²) in [5.41, 5.74) is 2.83. The Bertz CT molecular complexity index is 441. The van der Waals surface area contributed by atoms with Gasteiger partial charge >= 0.3 is 0 Å². The molecule has 0 saturated carbocycles. The molecule has 13 heavy (non-hydrogen) atoms. The number of aliphatic hydroxyl groups excluding tert-OH is 1. The normalized spacial score (nSPS) is 11.0. The predicted molar refractivity (Wildman–Crippen MR) is 51.6 cm³/mol. The molecule has 1 N–H and O–H groups in total. The SMILES string of the molecule is Cc1oc2c(CO)cccc2c1C. The minimum atomic E-state index is 0.0315. The van der Waals surface area contributed by atoms with Crippen LogP contribution >= 0.6 is 0 Å². The highest BCUT2D eigenvalue weighted by molar-refractivity contribution is 5.84. The Morgan fingerprint density at radius 3 is 2.77 bits per heavy atom. The molecule has 0 saturated heterocycles. The Kier molecular flexibility index (Phi) is 1.85. The van der Waals surface area contributed by atoms with Crippen LogP contribution in [0.3, 0.4) is 0 Å². The van der Waals surface area contributed by atoms with Gasteiger partial charge in [0.25, 0.3) is 0 Å². The maximum Gasteiger partial charge on any atom is 0.140 e. The Hall–Kier alpha value is -1.28. The fourth-order valence-corrected chi connectivity index (χ4v) is 1.54. The number of rotatable bonds is 1. The molecule has 0 atom stereocenters. The van der Waals surface area contributed by atoms with Crippen molar-refractivity contribution in [3.63, 3.8) is 0 Å². The fraction of sp³-hybridized carbons (Fsp3) is 0.273. The summed E-state index contributed by atoms with van der Waals surface area (Å²) in [7, 11) is 0. The van der Waals surface area contributed by atoms with E-state index in [0.717, 1.165) is 27.9 Å². The first kappa shape index (κ1) is 8.32. The van der Waals surface area contributed by atoms with E-state index in [4.69, 9.17) is 9.52 Å². The monoisotopic (exact) mass is 176 g/mol. The smallest absolute Gasteiger partial charge is 0.140 e. The Morgan fingerprint density at radius 1 is 1.31 bits per heavy atom. The van der Waals surface area contributed by atoms with Crippen molar-refractivity contribution in [1.29, 1.82) is 0 Å². The van der Waals surface area contributed by atoms with Crippen LogP contribution < -0.4 is 0 Å². The number of benzene rings is 1. The second kappa shape index (κ2) is 2.89. The van der Waals surface area contributed by atoms with Gasteiger partial charge in [-0.05, 0) is 19.4 Å². The standard InChI is InChI=1S/C11H12O2/c1-7-8(2)13-11-9(6-12)4-3-5-10(7)11/h3-5,12H,6H2,1-2H3. The molecule has 0 spiro atoms. The van der Waals surface area contributed by atoms with Gasteiger partial charge in [0.1, 0.15) is 11.3 Å². The first-order valence-electron chi connectivity index (χ1n) is 4.32. The van der Waals surface area contributed by atoms with E-state index in [1.807, 2.05) is 32.0 Å². The van der Waals surface area contributed by atoms with Gasteiger partial charge in [-0.25, -0.2) is 0 Å². The van der Waals surface area contributed by atoms with Crippen molar-refractivity contribution in [2.45, 2.75) is 20.5 Å². The van der Waals surface area contributed by atoms with Crippen molar-refractivity contribution in [3.8, 4) is 0 Å². The summed E-state index contributed by atoms with van der Waals surface area (Å²) in [6.07, 6.45) is 0. The lowest BCUT2D eigenvalue weighted by atomic mass is 10.1. The van der Waals surface area contributed by atoms with Crippen molar-refractivity contribution in [1.82, 2.24) is 0 Å². The van der Waals surface area contributed by atoms with E-state index < -0.39 is 0 Å². The largest absolute Gasteiger partial charge is 0.461 e. The molecule has 0 fully saturated rings. The summed E-state index contributed by atoms with van der Waals surface area (Å²) in [5, 5.41) is 10.2. The second-order valence-corrected chi connectivity index (χ2v) is 3.24. The summed E-state index contributed by atoms with van der Waals surface area (Å²) >= 11 is 0. The molecule has 2 aromatic rings. The van der Waals surface area contributed by atoms with Crippen molar-refractivity contribution in [2.24, 2.45) is 0 Å². The molecule has 1 aromatic carbocycles. The Morgan fingerprint density at radius 2 is 2.08 bits per heavy atom.